The molecule has 0 heterocycles. The van der Waals surface area contributed by atoms with Crippen LogP contribution >= 0.6 is 47.8 Å². The van der Waals surface area contributed by atoms with E-state index in [4.69, 9.17) is 0 Å². The fraction of sp³-hybridized carbons (Fsp3) is 0.188. The van der Waals surface area contributed by atoms with Crippen LogP contribution in [0.2, 0.25) is 0 Å². The van der Waals surface area contributed by atoms with Crippen molar-refractivity contribution in [2.45, 2.75) is 14.9 Å². The molecule has 0 bridgehead atoms. The molecule has 0 radical (unpaired) electrons. The number of rotatable bonds is 5. The number of hydrogen-bond acceptors (Lipinski definition) is 2. The highest BCUT2D eigenvalue weighted by Gasteiger charge is 2.32. The number of amides is 1. The number of halogens is 3. The van der Waals surface area contributed by atoms with Crippen LogP contribution < -0.4 is 10.6 Å². The number of alkyl halides is 3. The fourth-order valence-electron chi connectivity index (χ4n) is 1.87. The second-order valence-corrected chi connectivity index (χ2v) is 11.6. The second-order valence-electron chi connectivity index (χ2n) is 4.68. The summed E-state index contributed by atoms with van der Waals surface area (Å²) in [7, 11) is 0. The number of carbonyl (C=O) groups is 1. The minimum Gasteiger partial charge on any atom is -0.334 e. The molecule has 0 saturated carbocycles. The largest absolute Gasteiger partial charge is 0.334 e. The molecule has 1 atom stereocenters. The number of hydrogen-bond donors (Lipinski definition) is 2. The van der Waals surface area contributed by atoms with E-state index in [1.165, 1.54) is 0 Å². The minimum atomic E-state index is -0.647. The van der Waals surface area contributed by atoms with Crippen LogP contribution in [-0.4, -0.2) is 14.2 Å². The Hall–Kier alpha value is -0.690. The van der Waals surface area contributed by atoms with Gasteiger partial charge in [-0.3, -0.25) is 10.1 Å². The van der Waals surface area contributed by atoms with E-state index in [0.29, 0.717) is 12.1 Å². The van der Waals surface area contributed by atoms with Gasteiger partial charge < -0.3 is 5.32 Å². The van der Waals surface area contributed by atoms with Crippen molar-refractivity contribution in [3.05, 3.63) is 71.8 Å². The first kappa shape index (κ1) is 17.7. The van der Waals surface area contributed by atoms with Crippen LogP contribution in [0, 0.1) is 0 Å². The first-order valence-corrected chi connectivity index (χ1v) is 9.04. The van der Waals surface area contributed by atoms with Gasteiger partial charge >= 0.3 is 0 Å². The highest BCUT2D eigenvalue weighted by molar-refractivity contribution is 9.39. The fourth-order valence-corrected chi connectivity index (χ4v) is 2.70. The van der Waals surface area contributed by atoms with E-state index >= 15 is 0 Å². The van der Waals surface area contributed by atoms with Crippen molar-refractivity contribution in [1.29, 1.82) is 0 Å². The lowest BCUT2D eigenvalue weighted by Crippen LogP contribution is -2.52. The molecule has 2 aromatic carbocycles. The third-order valence-electron chi connectivity index (χ3n) is 2.99. The topological polar surface area (TPSA) is 41.1 Å². The van der Waals surface area contributed by atoms with Crippen LogP contribution in [0.3, 0.4) is 0 Å². The van der Waals surface area contributed by atoms with Crippen molar-refractivity contribution < 1.29 is 4.79 Å². The van der Waals surface area contributed by atoms with Gasteiger partial charge in [0.25, 0.3) is 5.91 Å². The smallest absolute Gasteiger partial charge is 0.252 e. The molecule has 0 aliphatic rings. The Morgan fingerprint density at radius 2 is 1.50 bits per heavy atom. The lowest BCUT2D eigenvalue weighted by molar-refractivity contribution is 0.0931. The summed E-state index contributed by atoms with van der Waals surface area (Å²) in [5, 5.41) is 6.26. The van der Waals surface area contributed by atoms with Crippen molar-refractivity contribution in [3.63, 3.8) is 0 Å². The van der Waals surface area contributed by atoms with Gasteiger partial charge in [0.2, 0.25) is 0 Å². The monoisotopic (exact) mass is 488 g/mol. The van der Waals surface area contributed by atoms with E-state index in [1.54, 1.807) is 12.1 Å². The Labute approximate surface area is 155 Å². The number of nitrogens with one attached hydrogen (secondary N) is 2. The molecule has 6 heteroatoms. The predicted molar refractivity (Wildman–Crippen MR) is 100 cm³/mol. The van der Waals surface area contributed by atoms with Crippen molar-refractivity contribution in [2.75, 3.05) is 0 Å². The van der Waals surface area contributed by atoms with Crippen molar-refractivity contribution in [1.82, 2.24) is 10.6 Å². The standard InChI is InChI=1S/C16H15Br3N2O/c17-16(18,19)15(20-11-12-7-3-1-4-8-12)21-14(22)13-9-5-2-6-10-13/h1-10,15,20H,11H2,(H,21,22). The van der Waals surface area contributed by atoms with Gasteiger partial charge in [0.15, 0.2) is 2.14 Å². The molecular weight excluding hydrogens is 476 g/mol. The Bertz CT molecular complexity index is 600. The zero-order valence-corrected chi connectivity index (χ0v) is 16.4. The molecule has 1 amide bonds. The summed E-state index contributed by atoms with van der Waals surface area (Å²) in [5.41, 5.74) is 1.75. The van der Waals surface area contributed by atoms with Crippen LogP contribution in [-0.2, 0) is 6.54 Å². The molecule has 2 N–H and O–H groups in total. The highest BCUT2D eigenvalue weighted by atomic mass is 80.0. The van der Waals surface area contributed by atoms with Gasteiger partial charge in [0, 0.05) is 12.1 Å². The Morgan fingerprint density at radius 3 is 2.05 bits per heavy atom. The third-order valence-corrected chi connectivity index (χ3v) is 4.37. The molecule has 116 valence electrons. The van der Waals surface area contributed by atoms with Gasteiger partial charge in [-0.15, -0.1) is 0 Å². The molecule has 1 unspecified atom stereocenters. The minimum absolute atomic E-state index is 0.145. The molecule has 2 aromatic rings. The molecule has 3 nitrogen and oxygen atoms in total. The van der Waals surface area contributed by atoms with E-state index in [2.05, 4.69) is 58.4 Å². The van der Waals surface area contributed by atoms with Gasteiger partial charge in [0.1, 0.15) is 6.17 Å². The van der Waals surface area contributed by atoms with Crippen LogP contribution in [0.4, 0.5) is 0 Å². The van der Waals surface area contributed by atoms with E-state index in [9.17, 15) is 4.79 Å². The summed E-state index contributed by atoms with van der Waals surface area (Å²) in [5.74, 6) is -0.145. The van der Waals surface area contributed by atoms with Crippen LogP contribution in [0.15, 0.2) is 60.7 Å². The maximum Gasteiger partial charge on any atom is 0.252 e. The zero-order valence-electron chi connectivity index (χ0n) is 11.6. The van der Waals surface area contributed by atoms with Crippen molar-refractivity contribution in [2.24, 2.45) is 0 Å². The predicted octanol–water partition coefficient (Wildman–Crippen LogP) is 4.37. The quantitative estimate of drug-likeness (QED) is 0.482. The Morgan fingerprint density at radius 1 is 0.955 bits per heavy atom. The summed E-state index contributed by atoms with van der Waals surface area (Å²) < 4.78 is -0.647. The van der Waals surface area contributed by atoms with E-state index < -0.39 is 2.14 Å². The summed E-state index contributed by atoms with van der Waals surface area (Å²) >= 11 is 10.4. The second kappa shape index (κ2) is 8.24. The number of carbonyl (C=O) groups excluding carboxylic acids is 1. The molecule has 0 fully saturated rings. The molecule has 2 rings (SSSR count). The molecule has 0 aliphatic carbocycles. The van der Waals surface area contributed by atoms with Crippen molar-refractivity contribution in [3.8, 4) is 0 Å². The van der Waals surface area contributed by atoms with Gasteiger partial charge in [-0.1, -0.05) is 96.3 Å². The van der Waals surface area contributed by atoms with Crippen LogP contribution in [0.25, 0.3) is 0 Å². The first-order chi connectivity index (χ1) is 10.5. The first-order valence-electron chi connectivity index (χ1n) is 6.67. The Kier molecular flexibility index (Phi) is 6.62. The normalized spacial score (nSPS) is 12.7. The van der Waals surface area contributed by atoms with E-state index in [1.807, 2.05) is 48.5 Å². The molecule has 22 heavy (non-hydrogen) atoms. The molecule has 0 aliphatic heterocycles. The van der Waals surface area contributed by atoms with Gasteiger partial charge in [0.05, 0.1) is 0 Å². The van der Waals surface area contributed by atoms with Crippen LogP contribution in [0.1, 0.15) is 15.9 Å². The molecule has 0 aromatic heterocycles. The van der Waals surface area contributed by atoms with Crippen LogP contribution in [0.5, 0.6) is 0 Å². The summed E-state index contributed by atoms with van der Waals surface area (Å²) in [6, 6.07) is 19.1. The molecule has 0 saturated heterocycles. The molecular formula is C16H15Br3N2O. The summed E-state index contributed by atoms with van der Waals surface area (Å²) in [4.78, 5) is 12.3. The Balaban J connectivity index is 2.02. The SMILES string of the molecule is O=C(NC(NCc1ccccc1)C(Br)(Br)Br)c1ccccc1. The highest BCUT2D eigenvalue weighted by Crippen LogP contribution is 2.36. The van der Waals surface area contributed by atoms with Gasteiger partial charge in [-0.2, -0.15) is 0 Å². The molecule has 0 spiro atoms. The lowest BCUT2D eigenvalue weighted by atomic mass is 10.2. The lowest BCUT2D eigenvalue weighted by Gasteiger charge is -2.28. The average molecular weight is 491 g/mol. The van der Waals surface area contributed by atoms with E-state index in [0.717, 1.165) is 5.56 Å². The maximum absolute atomic E-state index is 12.3. The summed E-state index contributed by atoms with van der Waals surface area (Å²) in [6.45, 7) is 0.630. The van der Waals surface area contributed by atoms with Gasteiger partial charge in [-0.25, -0.2) is 0 Å². The maximum atomic E-state index is 12.3. The number of benzene rings is 2. The third kappa shape index (κ3) is 5.50. The average Bonchev–Trinajstić information content (AvgIpc) is 2.52. The van der Waals surface area contributed by atoms with E-state index in [-0.39, 0.29) is 12.1 Å². The summed E-state index contributed by atoms with van der Waals surface area (Å²) in [6.07, 6.45) is -0.361. The zero-order chi connectivity index (χ0) is 16.0. The van der Waals surface area contributed by atoms with Crippen molar-refractivity contribution >= 4 is 53.7 Å². The van der Waals surface area contributed by atoms with Gasteiger partial charge in [-0.05, 0) is 17.7 Å².